The van der Waals surface area contributed by atoms with Gasteiger partial charge in [0.1, 0.15) is 0 Å². The summed E-state index contributed by atoms with van der Waals surface area (Å²) in [4.78, 5) is 15.0. The summed E-state index contributed by atoms with van der Waals surface area (Å²) in [6.07, 6.45) is 2.93. The molecule has 0 aliphatic carbocycles. The summed E-state index contributed by atoms with van der Waals surface area (Å²) < 4.78 is 0. The monoisotopic (exact) mass is 327 g/mol. The lowest BCUT2D eigenvalue weighted by Crippen LogP contribution is -2.37. The van der Waals surface area contributed by atoms with Crippen LogP contribution in [0.15, 0.2) is 42.5 Å². The third kappa shape index (κ3) is 3.28. The van der Waals surface area contributed by atoms with Gasteiger partial charge in [0.05, 0.1) is 0 Å². The minimum absolute atomic E-state index is 0.153. The molecule has 0 radical (unpaired) electrons. The second-order valence-corrected chi connectivity index (χ2v) is 6.74. The molecule has 2 aromatic carbocycles. The van der Waals surface area contributed by atoms with E-state index in [2.05, 4.69) is 19.1 Å². The van der Waals surface area contributed by atoms with Crippen molar-refractivity contribution in [3.8, 4) is 0 Å². The first kappa shape index (κ1) is 16.1. The van der Waals surface area contributed by atoms with Crippen molar-refractivity contribution in [1.82, 2.24) is 4.90 Å². The number of nitrogens with zero attached hydrogens (tertiary/aromatic N) is 1. The van der Waals surface area contributed by atoms with E-state index in [9.17, 15) is 4.79 Å². The second kappa shape index (κ2) is 6.76. The van der Waals surface area contributed by atoms with Crippen LogP contribution in [-0.4, -0.2) is 23.4 Å². The van der Waals surface area contributed by atoms with Gasteiger partial charge >= 0.3 is 0 Å². The Kier molecular flexibility index (Phi) is 4.72. The van der Waals surface area contributed by atoms with E-state index in [-0.39, 0.29) is 11.9 Å². The number of benzene rings is 2. The summed E-state index contributed by atoms with van der Waals surface area (Å²) in [5.41, 5.74) is 4.20. The van der Waals surface area contributed by atoms with Crippen LogP contribution in [0, 0.1) is 13.8 Å². The third-order valence-electron chi connectivity index (χ3n) is 4.89. The Morgan fingerprint density at radius 2 is 1.96 bits per heavy atom. The molecule has 1 atom stereocenters. The highest BCUT2D eigenvalue weighted by atomic mass is 35.5. The molecular formula is C20H22ClNO. The van der Waals surface area contributed by atoms with E-state index in [1.54, 1.807) is 0 Å². The summed E-state index contributed by atoms with van der Waals surface area (Å²) in [5, 5.41) is 0.790. The molecule has 1 fully saturated rings. The van der Waals surface area contributed by atoms with Crippen molar-refractivity contribution in [2.45, 2.75) is 39.2 Å². The quantitative estimate of drug-likeness (QED) is 0.792. The van der Waals surface area contributed by atoms with E-state index >= 15 is 0 Å². The number of halogens is 1. The van der Waals surface area contributed by atoms with Crippen LogP contribution in [0.3, 0.4) is 0 Å². The Bertz CT molecular complexity index is 725. The number of hydrogen-bond donors (Lipinski definition) is 0. The van der Waals surface area contributed by atoms with Crippen LogP contribution in [0.4, 0.5) is 0 Å². The highest BCUT2D eigenvalue weighted by Crippen LogP contribution is 2.27. The smallest absolute Gasteiger partial charge is 0.254 e. The number of amides is 1. The molecule has 1 aliphatic rings. The van der Waals surface area contributed by atoms with Crippen molar-refractivity contribution >= 4 is 17.5 Å². The Morgan fingerprint density at radius 1 is 1.17 bits per heavy atom. The Labute approximate surface area is 143 Å². The van der Waals surface area contributed by atoms with Gasteiger partial charge in [0.25, 0.3) is 5.91 Å². The standard InChI is InChI=1S/C20H22ClNO/c1-14-7-5-10-18(15(14)2)20(23)22-12-6-9-17(22)13-16-8-3-4-11-19(16)21/h3-5,7-8,10-11,17H,6,9,12-13H2,1-2H3. The fraction of sp³-hybridized carbons (Fsp3) is 0.350. The lowest BCUT2D eigenvalue weighted by atomic mass is 10.0. The Hall–Kier alpha value is -1.80. The average molecular weight is 328 g/mol. The Morgan fingerprint density at radius 3 is 2.74 bits per heavy atom. The van der Waals surface area contributed by atoms with E-state index in [0.717, 1.165) is 53.1 Å². The van der Waals surface area contributed by atoms with Crippen LogP contribution in [-0.2, 0) is 6.42 Å². The fourth-order valence-corrected chi connectivity index (χ4v) is 3.58. The number of aryl methyl sites for hydroxylation is 1. The first-order chi connectivity index (χ1) is 11.1. The maximum Gasteiger partial charge on any atom is 0.254 e. The molecule has 0 saturated carbocycles. The van der Waals surface area contributed by atoms with E-state index in [1.165, 1.54) is 0 Å². The molecule has 1 saturated heterocycles. The van der Waals surface area contributed by atoms with Crippen molar-refractivity contribution in [1.29, 1.82) is 0 Å². The first-order valence-corrected chi connectivity index (χ1v) is 8.56. The first-order valence-electron chi connectivity index (χ1n) is 8.18. The molecule has 3 rings (SSSR count). The molecule has 0 bridgehead atoms. The SMILES string of the molecule is Cc1cccc(C(=O)N2CCCC2Cc2ccccc2Cl)c1C. The number of likely N-dealkylation sites (tertiary alicyclic amines) is 1. The zero-order valence-electron chi connectivity index (χ0n) is 13.7. The van der Waals surface area contributed by atoms with Crippen molar-refractivity contribution in [3.63, 3.8) is 0 Å². The molecule has 3 heteroatoms. The summed E-state index contributed by atoms with van der Waals surface area (Å²) >= 11 is 6.29. The molecule has 120 valence electrons. The van der Waals surface area contributed by atoms with Gasteiger partial charge in [-0.3, -0.25) is 4.79 Å². The number of carbonyl (C=O) groups is 1. The van der Waals surface area contributed by atoms with Gasteiger partial charge in [-0.2, -0.15) is 0 Å². The van der Waals surface area contributed by atoms with Crippen LogP contribution in [0.2, 0.25) is 5.02 Å². The van der Waals surface area contributed by atoms with Crippen molar-refractivity contribution in [3.05, 3.63) is 69.7 Å². The van der Waals surface area contributed by atoms with Gasteiger partial charge in [0.15, 0.2) is 0 Å². The summed E-state index contributed by atoms with van der Waals surface area (Å²) in [6, 6.07) is 14.1. The van der Waals surface area contributed by atoms with E-state index < -0.39 is 0 Å². The third-order valence-corrected chi connectivity index (χ3v) is 5.26. The molecule has 0 spiro atoms. The average Bonchev–Trinajstić information content (AvgIpc) is 3.00. The van der Waals surface area contributed by atoms with Gasteiger partial charge in [-0.15, -0.1) is 0 Å². The minimum Gasteiger partial charge on any atom is -0.335 e. The van der Waals surface area contributed by atoms with Crippen molar-refractivity contribution in [2.24, 2.45) is 0 Å². The molecular weight excluding hydrogens is 306 g/mol. The molecule has 2 nitrogen and oxygen atoms in total. The van der Waals surface area contributed by atoms with Crippen LogP contribution in [0.5, 0.6) is 0 Å². The van der Waals surface area contributed by atoms with Crippen LogP contribution < -0.4 is 0 Å². The summed E-state index contributed by atoms with van der Waals surface area (Å²) in [5.74, 6) is 0.153. The number of hydrogen-bond acceptors (Lipinski definition) is 1. The predicted molar refractivity (Wildman–Crippen MR) is 95.1 cm³/mol. The molecule has 0 N–H and O–H groups in total. The van der Waals surface area contributed by atoms with Gasteiger partial charge < -0.3 is 4.90 Å². The molecule has 23 heavy (non-hydrogen) atoms. The molecule has 2 aromatic rings. The van der Waals surface area contributed by atoms with E-state index in [4.69, 9.17) is 11.6 Å². The highest BCUT2D eigenvalue weighted by molar-refractivity contribution is 6.31. The maximum absolute atomic E-state index is 13.0. The lowest BCUT2D eigenvalue weighted by molar-refractivity contribution is 0.0735. The maximum atomic E-state index is 13.0. The number of rotatable bonds is 3. The summed E-state index contributed by atoms with van der Waals surface area (Å²) in [7, 11) is 0. The second-order valence-electron chi connectivity index (χ2n) is 6.34. The van der Waals surface area contributed by atoms with E-state index in [1.807, 2.05) is 42.2 Å². The predicted octanol–water partition coefficient (Wildman–Crippen LogP) is 4.80. The van der Waals surface area contributed by atoms with Gasteiger partial charge in [0.2, 0.25) is 0 Å². The summed E-state index contributed by atoms with van der Waals surface area (Å²) in [6.45, 7) is 4.92. The fourth-order valence-electron chi connectivity index (χ4n) is 3.37. The van der Waals surface area contributed by atoms with Crippen LogP contribution in [0.1, 0.15) is 39.9 Å². The van der Waals surface area contributed by atoms with Gasteiger partial charge in [-0.25, -0.2) is 0 Å². The van der Waals surface area contributed by atoms with Gasteiger partial charge in [-0.05, 0) is 61.9 Å². The molecule has 1 amide bonds. The molecule has 1 heterocycles. The Balaban J connectivity index is 1.83. The molecule has 1 unspecified atom stereocenters. The number of carbonyl (C=O) groups excluding carboxylic acids is 1. The van der Waals surface area contributed by atoms with E-state index in [0.29, 0.717) is 0 Å². The topological polar surface area (TPSA) is 20.3 Å². The largest absolute Gasteiger partial charge is 0.335 e. The van der Waals surface area contributed by atoms with Crippen molar-refractivity contribution < 1.29 is 4.79 Å². The zero-order valence-corrected chi connectivity index (χ0v) is 14.4. The minimum atomic E-state index is 0.153. The van der Waals surface area contributed by atoms with Crippen LogP contribution in [0.25, 0.3) is 0 Å². The lowest BCUT2D eigenvalue weighted by Gasteiger charge is -2.26. The highest BCUT2D eigenvalue weighted by Gasteiger charge is 2.30. The van der Waals surface area contributed by atoms with Crippen LogP contribution >= 0.6 is 11.6 Å². The van der Waals surface area contributed by atoms with Gasteiger partial charge in [0, 0.05) is 23.2 Å². The molecule has 1 aliphatic heterocycles. The van der Waals surface area contributed by atoms with Crippen molar-refractivity contribution in [2.75, 3.05) is 6.54 Å². The normalized spacial score (nSPS) is 17.5. The molecule has 0 aromatic heterocycles. The van der Waals surface area contributed by atoms with Gasteiger partial charge in [-0.1, -0.05) is 41.9 Å². The zero-order chi connectivity index (χ0) is 16.4.